The zero-order valence-electron chi connectivity index (χ0n) is 12.8. The molecule has 0 spiro atoms. The number of amides is 2. The molecular formula is C16H20FN3O2S. The molecule has 1 aromatic rings. The summed E-state index contributed by atoms with van der Waals surface area (Å²) < 4.78 is 13.6. The van der Waals surface area contributed by atoms with Crippen molar-refractivity contribution in [1.29, 1.82) is 0 Å². The average molecular weight is 337 g/mol. The third-order valence-electron chi connectivity index (χ3n) is 4.27. The van der Waals surface area contributed by atoms with Gasteiger partial charge >= 0.3 is 0 Å². The molecule has 23 heavy (non-hydrogen) atoms. The molecule has 0 aromatic heterocycles. The van der Waals surface area contributed by atoms with Crippen molar-refractivity contribution in [3.8, 4) is 0 Å². The van der Waals surface area contributed by atoms with Gasteiger partial charge in [-0.3, -0.25) is 14.9 Å². The van der Waals surface area contributed by atoms with Crippen LogP contribution in [0.15, 0.2) is 24.3 Å². The van der Waals surface area contributed by atoms with Gasteiger partial charge in [-0.05, 0) is 25.0 Å². The van der Waals surface area contributed by atoms with Crippen LogP contribution in [0.4, 0.5) is 4.39 Å². The second kappa shape index (κ2) is 7.31. The van der Waals surface area contributed by atoms with Crippen LogP contribution in [0.25, 0.3) is 0 Å². The van der Waals surface area contributed by atoms with Crippen molar-refractivity contribution in [2.45, 2.75) is 24.9 Å². The lowest BCUT2D eigenvalue weighted by atomic mass is 10.0. The second-order valence-electron chi connectivity index (χ2n) is 5.82. The van der Waals surface area contributed by atoms with Crippen molar-refractivity contribution in [1.82, 2.24) is 15.5 Å². The highest BCUT2D eigenvalue weighted by atomic mass is 32.2. The number of rotatable bonds is 3. The van der Waals surface area contributed by atoms with Crippen molar-refractivity contribution in [2.24, 2.45) is 0 Å². The lowest BCUT2D eigenvalue weighted by Crippen LogP contribution is -2.51. The Morgan fingerprint density at radius 1 is 1.26 bits per heavy atom. The molecule has 2 fully saturated rings. The normalized spacial score (nSPS) is 22.1. The topological polar surface area (TPSA) is 61.4 Å². The second-order valence-corrected chi connectivity index (χ2v) is 6.85. The summed E-state index contributed by atoms with van der Waals surface area (Å²) in [6.45, 7) is 1.26. The largest absolute Gasteiger partial charge is 0.349 e. The minimum Gasteiger partial charge on any atom is -0.349 e. The first-order chi connectivity index (χ1) is 11.1. The van der Waals surface area contributed by atoms with Crippen LogP contribution >= 0.6 is 11.8 Å². The number of thioether (sulfide) groups is 1. The number of halogens is 1. The smallest absolute Gasteiger partial charge is 0.254 e. The molecule has 0 saturated carbocycles. The van der Waals surface area contributed by atoms with Crippen LogP contribution in [-0.4, -0.2) is 53.5 Å². The van der Waals surface area contributed by atoms with Gasteiger partial charge in [0.05, 0.1) is 11.6 Å². The Morgan fingerprint density at radius 3 is 2.65 bits per heavy atom. The minimum atomic E-state index is -0.512. The molecule has 5 nitrogen and oxygen atoms in total. The fraction of sp³-hybridized carbons (Fsp3) is 0.500. The summed E-state index contributed by atoms with van der Waals surface area (Å²) in [5, 5.41) is 6.05. The molecule has 124 valence electrons. The molecule has 1 unspecified atom stereocenters. The summed E-state index contributed by atoms with van der Waals surface area (Å²) in [6, 6.07) is 5.87. The van der Waals surface area contributed by atoms with Gasteiger partial charge in [-0.2, -0.15) is 0 Å². The average Bonchev–Trinajstić information content (AvgIpc) is 3.09. The zero-order chi connectivity index (χ0) is 16.2. The van der Waals surface area contributed by atoms with Crippen LogP contribution in [0.5, 0.6) is 0 Å². The van der Waals surface area contributed by atoms with E-state index in [0.29, 0.717) is 25.9 Å². The molecule has 2 amide bonds. The number of carbonyl (C=O) groups is 2. The summed E-state index contributed by atoms with van der Waals surface area (Å²) in [6.07, 6.45) is 1.40. The Labute approximate surface area is 139 Å². The molecule has 2 aliphatic heterocycles. The van der Waals surface area contributed by atoms with Gasteiger partial charge in [-0.1, -0.05) is 12.1 Å². The summed E-state index contributed by atoms with van der Waals surface area (Å²) in [7, 11) is 0. The standard InChI is InChI=1S/C16H20FN3O2S/c17-13-4-2-1-3-12(13)15(21)19-11-5-7-20(8-6-11)16(22)14-9-23-10-18-14/h1-4,11,14,18H,5-10H2,(H,19,21). The van der Waals surface area contributed by atoms with Crippen molar-refractivity contribution >= 4 is 23.6 Å². The summed E-state index contributed by atoms with van der Waals surface area (Å²) in [4.78, 5) is 26.3. The molecular weight excluding hydrogens is 317 g/mol. The van der Waals surface area contributed by atoms with Crippen molar-refractivity contribution < 1.29 is 14.0 Å². The Hall–Kier alpha value is -1.60. The molecule has 1 aromatic carbocycles. The van der Waals surface area contributed by atoms with Gasteiger partial charge in [0.25, 0.3) is 5.91 Å². The molecule has 2 aliphatic rings. The number of likely N-dealkylation sites (tertiary alicyclic amines) is 1. The van der Waals surface area contributed by atoms with E-state index in [-0.39, 0.29) is 29.5 Å². The Bertz CT molecular complexity index is 584. The van der Waals surface area contributed by atoms with E-state index in [0.717, 1.165) is 11.6 Å². The van der Waals surface area contributed by atoms with Gasteiger partial charge in [-0.25, -0.2) is 4.39 Å². The van der Waals surface area contributed by atoms with E-state index < -0.39 is 5.82 Å². The number of hydrogen-bond donors (Lipinski definition) is 2. The van der Waals surface area contributed by atoms with E-state index in [1.165, 1.54) is 12.1 Å². The van der Waals surface area contributed by atoms with Gasteiger partial charge in [0.1, 0.15) is 5.82 Å². The van der Waals surface area contributed by atoms with E-state index in [4.69, 9.17) is 0 Å². The molecule has 2 saturated heterocycles. The lowest BCUT2D eigenvalue weighted by Gasteiger charge is -2.33. The maximum absolute atomic E-state index is 13.6. The molecule has 0 aliphatic carbocycles. The van der Waals surface area contributed by atoms with Crippen LogP contribution in [-0.2, 0) is 4.79 Å². The highest BCUT2D eigenvalue weighted by Crippen LogP contribution is 2.17. The molecule has 0 bridgehead atoms. The van der Waals surface area contributed by atoms with Gasteiger partial charge in [0.15, 0.2) is 0 Å². The third kappa shape index (κ3) is 3.84. The van der Waals surface area contributed by atoms with Crippen LogP contribution in [0.2, 0.25) is 0 Å². The first kappa shape index (κ1) is 16.3. The molecule has 2 N–H and O–H groups in total. The predicted molar refractivity (Wildman–Crippen MR) is 87.7 cm³/mol. The fourth-order valence-electron chi connectivity index (χ4n) is 2.93. The number of carbonyl (C=O) groups excluding carboxylic acids is 2. The first-order valence-corrected chi connectivity index (χ1v) is 8.96. The Morgan fingerprint density at radius 2 is 2.00 bits per heavy atom. The maximum Gasteiger partial charge on any atom is 0.254 e. The minimum absolute atomic E-state index is 0.0166. The van der Waals surface area contributed by atoms with E-state index in [2.05, 4.69) is 10.6 Å². The highest BCUT2D eigenvalue weighted by Gasteiger charge is 2.30. The highest BCUT2D eigenvalue weighted by molar-refractivity contribution is 7.99. The first-order valence-electron chi connectivity index (χ1n) is 7.80. The van der Waals surface area contributed by atoms with E-state index in [1.54, 1.807) is 23.9 Å². The van der Waals surface area contributed by atoms with Crippen LogP contribution in [0.3, 0.4) is 0 Å². The zero-order valence-corrected chi connectivity index (χ0v) is 13.6. The van der Waals surface area contributed by atoms with E-state index >= 15 is 0 Å². The SMILES string of the molecule is O=C(NC1CCN(C(=O)C2CSCN2)CC1)c1ccccc1F. The molecule has 3 rings (SSSR count). The number of nitrogens with zero attached hydrogens (tertiary/aromatic N) is 1. The fourth-order valence-corrected chi connectivity index (χ4v) is 3.86. The van der Waals surface area contributed by atoms with Crippen LogP contribution in [0.1, 0.15) is 23.2 Å². The Kier molecular flexibility index (Phi) is 5.17. The maximum atomic E-state index is 13.6. The molecule has 0 radical (unpaired) electrons. The van der Waals surface area contributed by atoms with E-state index in [1.807, 2.05) is 4.90 Å². The van der Waals surface area contributed by atoms with Crippen molar-refractivity contribution in [3.05, 3.63) is 35.6 Å². The van der Waals surface area contributed by atoms with Gasteiger partial charge in [0.2, 0.25) is 5.91 Å². The number of piperidine rings is 1. The molecule has 7 heteroatoms. The van der Waals surface area contributed by atoms with Crippen LogP contribution in [0, 0.1) is 5.82 Å². The Balaban J connectivity index is 1.50. The summed E-state index contributed by atoms with van der Waals surface area (Å²) >= 11 is 1.73. The van der Waals surface area contributed by atoms with Gasteiger partial charge < -0.3 is 10.2 Å². The molecule has 1 atom stereocenters. The number of benzene rings is 1. The third-order valence-corrected chi connectivity index (χ3v) is 5.21. The van der Waals surface area contributed by atoms with Crippen LogP contribution < -0.4 is 10.6 Å². The molecule has 2 heterocycles. The van der Waals surface area contributed by atoms with E-state index in [9.17, 15) is 14.0 Å². The monoisotopic (exact) mass is 337 g/mol. The summed E-state index contributed by atoms with van der Waals surface area (Å²) in [5.41, 5.74) is 0.0678. The lowest BCUT2D eigenvalue weighted by molar-refractivity contribution is -0.133. The van der Waals surface area contributed by atoms with Crippen molar-refractivity contribution in [2.75, 3.05) is 24.7 Å². The van der Waals surface area contributed by atoms with Crippen molar-refractivity contribution in [3.63, 3.8) is 0 Å². The van der Waals surface area contributed by atoms with Gasteiger partial charge in [0, 0.05) is 30.8 Å². The number of nitrogens with one attached hydrogen (secondary N) is 2. The van der Waals surface area contributed by atoms with Gasteiger partial charge in [-0.15, -0.1) is 11.8 Å². The predicted octanol–water partition coefficient (Wildman–Crippen LogP) is 1.21. The number of hydrogen-bond acceptors (Lipinski definition) is 4. The summed E-state index contributed by atoms with van der Waals surface area (Å²) in [5.74, 6) is 0.895. The quantitative estimate of drug-likeness (QED) is 0.870.